The van der Waals surface area contributed by atoms with Crippen LogP contribution >= 0.6 is 11.8 Å². The first-order chi connectivity index (χ1) is 10.2. The average Bonchev–Trinajstić information content (AvgIpc) is 2.50. The van der Waals surface area contributed by atoms with Crippen molar-refractivity contribution < 1.29 is 9.53 Å². The first kappa shape index (κ1) is 13.7. The minimum absolute atomic E-state index is 0.111. The number of nitrogens with zero attached hydrogens (tertiary/aromatic N) is 2. The van der Waals surface area contributed by atoms with E-state index in [1.165, 1.54) is 16.3 Å². The third-order valence-electron chi connectivity index (χ3n) is 3.10. The van der Waals surface area contributed by atoms with Gasteiger partial charge in [-0.3, -0.25) is 9.36 Å². The van der Waals surface area contributed by atoms with Crippen LogP contribution in [-0.4, -0.2) is 21.4 Å². The summed E-state index contributed by atoms with van der Waals surface area (Å²) in [5.41, 5.74) is 5.76. The zero-order valence-electron chi connectivity index (χ0n) is 11.1. The summed E-state index contributed by atoms with van der Waals surface area (Å²) < 4.78 is 6.46. The molecule has 7 heteroatoms. The fraction of sp³-hybridized carbons (Fsp3) is 0.214. The molecule has 0 unspecified atom stereocenters. The summed E-state index contributed by atoms with van der Waals surface area (Å²) >= 11 is 1.52. The Morgan fingerprint density at radius 1 is 1.33 bits per heavy atom. The number of thioether (sulfide) groups is 1. The molecule has 1 aromatic carbocycles. The summed E-state index contributed by atoms with van der Waals surface area (Å²) in [5, 5.41) is 0.641. The van der Waals surface area contributed by atoms with Crippen LogP contribution in [-0.2, 0) is 6.54 Å². The summed E-state index contributed by atoms with van der Waals surface area (Å²) in [5.74, 6) is 0.802. The van der Waals surface area contributed by atoms with Gasteiger partial charge in [0.25, 0.3) is 5.56 Å². The quantitative estimate of drug-likeness (QED) is 0.856. The van der Waals surface area contributed by atoms with Crippen molar-refractivity contribution in [1.82, 2.24) is 9.55 Å². The summed E-state index contributed by atoms with van der Waals surface area (Å²) in [6, 6.07) is 9.13. The van der Waals surface area contributed by atoms with Gasteiger partial charge in [-0.15, -0.1) is 0 Å². The van der Waals surface area contributed by atoms with Crippen LogP contribution in [0.15, 0.2) is 40.3 Å². The van der Waals surface area contributed by atoms with Gasteiger partial charge in [-0.25, -0.2) is 9.78 Å². The second-order valence-electron chi connectivity index (χ2n) is 4.52. The highest BCUT2D eigenvalue weighted by molar-refractivity contribution is 7.99. The van der Waals surface area contributed by atoms with Crippen LogP contribution in [0.1, 0.15) is 6.42 Å². The predicted octanol–water partition coefficient (Wildman–Crippen LogP) is 1.86. The van der Waals surface area contributed by atoms with E-state index >= 15 is 0 Å². The van der Waals surface area contributed by atoms with Gasteiger partial charge in [-0.1, -0.05) is 42.1 Å². The van der Waals surface area contributed by atoms with Gasteiger partial charge in [0.15, 0.2) is 5.16 Å². The number of hydrogen-bond donors (Lipinski definition) is 1. The molecule has 2 N–H and O–H groups in total. The molecule has 2 heterocycles. The Morgan fingerprint density at radius 2 is 2.10 bits per heavy atom. The molecule has 0 radical (unpaired) electrons. The lowest BCUT2D eigenvalue weighted by Crippen LogP contribution is -2.30. The van der Waals surface area contributed by atoms with E-state index in [9.17, 15) is 9.59 Å². The van der Waals surface area contributed by atoms with Crippen molar-refractivity contribution in [3.8, 4) is 17.0 Å². The number of hydrogen-bond acceptors (Lipinski definition) is 5. The number of aromatic nitrogens is 2. The van der Waals surface area contributed by atoms with Gasteiger partial charge in [-0.2, -0.15) is 0 Å². The first-order valence-corrected chi connectivity index (χ1v) is 7.45. The summed E-state index contributed by atoms with van der Waals surface area (Å²) in [4.78, 5) is 28.1. The maximum atomic E-state index is 12.5. The molecule has 0 fully saturated rings. The fourth-order valence-corrected chi connectivity index (χ4v) is 3.14. The van der Waals surface area contributed by atoms with Gasteiger partial charge in [-0.05, 0) is 6.42 Å². The minimum atomic E-state index is -1.02. The Kier molecular flexibility index (Phi) is 3.66. The van der Waals surface area contributed by atoms with Crippen LogP contribution in [0.2, 0.25) is 0 Å². The molecule has 1 aliphatic heterocycles. The molecule has 0 aliphatic carbocycles. The Balaban J connectivity index is 2.24. The van der Waals surface area contributed by atoms with Crippen LogP contribution in [0, 0.1) is 0 Å². The van der Waals surface area contributed by atoms with Crippen molar-refractivity contribution in [3.63, 3.8) is 0 Å². The smallest absolute Gasteiger partial charge is 0.402 e. The summed E-state index contributed by atoms with van der Waals surface area (Å²) in [6.07, 6.45) is -0.143. The van der Waals surface area contributed by atoms with Crippen molar-refractivity contribution in [2.24, 2.45) is 5.73 Å². The van der Waals surface area contributed by atoms with Gasteiger partial charge < -0.3 is 10.5 Å². The number of benzene rings is 1. The molecular weight excluding hydrogens is 290 g/mol. The van der Waals surface area contributed by atoms with E-state index in [2.05, 4.69) is 4.98 Å². The normalized spacial score (nSPS) is 13.5. The standard InChI is InChI=1S/C14H13N3O3S/c15-13(19)20-11-10(9-5-2-1-3-6-9)16-14-17(12(11)18)7-4-8-21-14/h1-3,5-6H,4,7-8H2,(H2,15,19). The molecule has 0 saturated heterocycles. The number of fused-ring (bicyclic) bond motifs is 1. The molecule has 0 spiro atoms. The Morgan fingerprint density at radius 3 is 2.81 bits per heavy atom. The molecule has 1 aromatic heterocycles. The molecule has 0 atom stereocenters. The van der Waals surface area contributed by atoms with Gasteiger partial charge in [0.05, 0.1) is 0 Å². The van der Waals surface area contributed by atoms with E-state index in [1.54, 1.807) is 12.1 Å². The zero-order valence-corrected chi connectivity index (χ0v) is 11.9. The minimum Gasteiger partial charge on any atom is -0.402 e. The highest BCUT2D eigenvalue weighted by atomic mass is 32.2. The van der Waals surface area contributed by atoms with Crippen molar-refractivity contribution in [2.75, 3.05) is 5.75 Å². The molecular formula is C14H13N3O3S. The largest absolute Gasteiger partial charge is 0.410 e. The SMILES string of the molecule is NC(=O)Oc1c(-c2ccccc2)nc2n(c1=O)CCCS2. The molecule has 108 valence electrons. The van der Waals surface area contributed by atoms with E-state index in [0.717, 1.165) is 12.2 Å². The molecule has 1 amide bonds. The van der Waals surface area contributed by atoms with E-state index in [4.69, 9.17) is 10.5 Å². The Bertz CT molecular complexity index is 743. The number of carbonyl (C=O) groups excluding carboxylic acids is 1. The van der Waals surface area contributed by atoms with Crippen molar-refractivity contribution in [1.29, 1.82) is 0 Å². The second-order valence-corrected chi connectivity index (χ2v) is 5.58. The lowest BCUT2D eigenvalue weighted by Gasteiger charge is -2.19. The van der Waals surface area contributed by atoms with Crippen LogP contribution in [0.3, 0.4) is 0 Å². The van der Waals surface area contributed by atoms with Gasteiger partial charge in [0, 0.05) is 17.9 Å². The predicted molar refractivity (Wildman–Crippen MR) is 79.5 cm³/mol. The summed E-state index contributed by atoms with van der Waals surface area (Å²) in [7, 11) is 0. The number of ether oxygens (including phenoxy) is 1. The lowest BCUT2D eigenvalue weighted by molar-refractivity contribution is 0.209. The molecule has 2 aromatic rings. The third-order valence-corrected chi connectivity index (χ3v) is 4.16. The number of nitrogens with two attached hydrogens (primary N) is 1. The van der Waals surface area contributed by atoms with Crippen molar-refractivity contribution >= 4 is 17.9 Å². The number of primary amides is 1. The number of carbonyl (C=O) groups is 1. The first-order valence-electron chi connectivity index (χ1n) is 6.47. The third kappa shape index (κ3) is 2.64. The topological polar surface area (TPSA) is 87.2 Å². The van der Waals surface area contributed by atoms with E-state index in [-0.39, 0.29) is 11.3 Å². The molecule has 1 aliphatic rings. The molecule has 0 bridgehead atoms. The van der Waals surface area contributed by atoms with E-state index in [0.29, 0.717) is 23.0 Å². The highest BCUT2D eigenvalue weighted by Gasteiger charge is 2.22. The van der Waals surface area contributed by atoms with Gasteiger partial charge in [0.2, 0.25) is 5.75 Å². The number of rotatable bonds is 2. The maximum Gasteiger partial charge on any atom is 0.410 e. The average molecular weight is 303 g/mol. The summed E-state index contributed by atoms with van der Waals surface area (Å²) in [6.45, 7) is 0.568. The van der Waals surface area contributed by atoms with Crippen LogP contribution < -0.4 is 16.0 Å². The Hall–Kier alpha value is -2.28. The van der Waals surface area contributed by atoms with Gasteiger partial charge >= 0.3 is 6.09 Å². The molecule has 0 saturated carbocycles. The second kappa shape index (κ2) is 5.61. The lowest BCUT2D eigenvalue weighted by atomic mass is 10.1. The van der Waals surface area contributed by atoms with E-state index < -0.39 is 6.09 Å². The fourth-order valence-electron chi connectivity index (χ4n) is 2.20. The highest BCUT2D eigenvalue weighted by Crippen LogP contribution is 2.30. The van der Waals surface area contributed by atoms with Crippen LogP contribution in [0.4, 0.5) is 4.79 Å². The zero-order chi connectivity index (χ0) is 14.8. The number of amides is 1. The van der Waals surface area contributed by atoms with E-state index in [1.807, 2.05) is 18.2 Å². The molecule has 6 nitrogen and oxygen atoms in total. The van der Waals surface area contributed by atoms with Crippen molar-refractivity contribution in [2.45, 2.75) is 18.1 Å². The molecule has 21 heavy (non-hydrogen) atoms. The van der Waals surface area contributed by atoms with Crippen LogP contribution in [0.25, 0.3) is 11.3 Å². The maximum absolute atomic E-state index is 12.5. The van der Waals surface area contributed by atoms with Crippen molar-refractivity contribution in [3.05, 3.63) is 40.7 Å². The Labute approximate surface area is 124 Å². The molecule has 3 rings (SSSR count). The van der Waals surface area contributed by atoms with Crippen LogP contribution in [0.5, 0.6) is 5.75 Å². The monoisotopic (exact) mass is 303 g/mol. The van der Waals surface area contributed by atoms with Gasteiger partial charge in [0.1, 0.15) is 5.69 Å².